The van der Waals surface area contributed by atoms with Gasteiger partial charge in [0.2, 0.25) is 5.91 Å². The van der Waals surface area contributed by atoms with Crippen molar-refractivity contribution in [3.8, 4) is 0 Å². The van der Waals surface area contributed by atoms with Gasteiger partial charge in [0.05, 0.1) is 11.0 Å². The summed E-state index contributed by atoms with van der Waals surface area (Å²) in [6.45, 7) is 1.92. The second kappa shape index (κ2) is 6.71. The van der Waals surface area contributed by atoms with E-state index in [2.05, 4.69) is 4.98 Å². The Morgan fingerprint density at radius 2 is 2.04 bits per heavy atom. The number of fused-ring (bicyclic) bond motifs is 1. The predicted octanol–water partition coefficient (Wildman–Crippen LogP) is 2.88. The van der Waals surface area contributed by atoms with Gasteiger partial charge in [-0.1, -0.05) is 31.4 Å². The number of hydrogen-bond acceptors (Lipinski definition) is 3. The summed E-state index contributed by atoms with van der Waals surface area (Å²) in [5.74, 6) is 0.638. The minimum absolute atomic E-state index is 0.0851. The summed E-state index contributed by atoms with van der Waals surface area (Å²) in [6.07, 6.45) is 5.17. The van der Waals surface area contributed by atoms with Crippen LogP contribution < -0.4 is 0 Å². The zero-order chi connectivity index (χ0) is 16.4. The van der Waals surface area contributed by atoms with Crippen LogP contribution in [0.4, 0.5) is 0 Å². The molecule has 3 rings (SSSR count). The molecule has 0 aliphatic heterocycles. The van der Waals surface area contributed by atoms with E-state index in [0.29, 0.717) is 11.9 Å². The lowest BCUT2D eigenvalue weighted by molar-refractivity contribution is -0.133. The minimum Gasteiger partial charge on any atom is -0.385 e. The third-order valence-corrected chi connectivity index (χ3v) is 4.87. The molecule has 1 aliphatic carbocycles. The molecule has 5 heteroatoms. The average Bonchev–Trinajstić information content (AvgIpc) is 2.94. The molecule has 2 aromatic rings. The Bertz CT molecular complexity index is 687. The van der Waals surface area contributed by atoms with Gasteiger partial charge in [-0.05, 0) is 31.9 Å². The molecule has 1 saturated carbocycles. The third kappa shape index (κ3) is 3.24. The highest BCUT2D eigenvalue weighted by Crippen LogP contribution is 2.24. The zero-order valence-electron chi connectivity index (χ0n) is 13.9. The first-order valence-corrected chi connectivity index (χ1v) is 8.47. The Labute approximate surface area is 136 Å². The van der Waals surface area contributed by atoms with Crippen LogP contribution in [-0.2, 0) is 11.3 Å². The van der Waals surface area contributed by atoms with Crippen molar-refractivity contribution in [2.45, 2.75) is 57.7 Å². The number of para-hydroxylation sites is 2. The van der Waals surface area contributed by atoms with Crippen LogP contribution in [0.15, 0.2) is 24.3 Å². The van der Waals surface area contributed by atoms with Crippen LogP contribution >= 0.6 is 0 Å². The molecule has 124 valence electrons. The number of aliphatic hydroxyl groups excluding tert-OH is 1. The first kappa shape index (κ1) is 16.0. The Balaban J connectivity index is 1.85. The highest BCUT2D eigenvalue weighted by molar-refractivity contribution is 5.81. The summed E-state index contributed by atoms with van der Waals surface area (Å²) < 4.78 is 1.85. The molecule has 0 saturated heterocycles. The van der Waals surface area contributed by atoms with Gasteiger partial charge < -0.3 is 14.6 Å². The summed E-state index contributed by atoms with van der Waals surface area (Å²) in [6, 6.07) is 8.05. The lowest BCUT2D eigenvalue weighted by Gasteiger charge is -2.31. The van der Waals surface area contributed by atoms with Crippen LogP contribution in [0.25, 0.3) is 11.0 Å². The number of aromatic nitrogens is 2. The number of aliphatic hydroxyl groups is 1. The van der Waals surface area contributed by atoms with E-state index in [4.69, 9.17) is 0 Å². The van der Waals surface area contributed by atoms with Crippen molar-refractivity contribution in [1.82, 2.24) is 14.5 Å². The van der Waals surface area contributed by atoms with Crippen molar-refractivity contribution in [1.29, 1.82) is 0 Å². The van der Waals surface area contributed by atoms with E-state index in [1.54, 1.807) is 6.92 Å². The number of benzene rings is 1. The topological polar surface area (TPSA) is 58.4 Å². The summed E-state index contributed by atoms with van der Waals surface area (Å²) in [7, 11) is 1.90. The molecule has 0 spiro atoms. The molecule has 1 N–H and O–H groups in total. The van der Waals surface area contributed by atoms with Crippen molar-refractivity contribution in [3.05, 3.63) is 30.1 Å². The van der Waals surface area contributed by atoms with E-state index in [1.165, 1.54) is 19.3 Å². The first-order chi connectivity index (χ1) is 11.1. The molecular weight excluding hydrogens is 290 g/mol. The molecule has 0 radical (unpaired) electrons. The lowest BCUT2D eigenvalue weighted by atomic mass is 9.94. The van der Waals surface area contributed by atoms with Gasteiger partial charge in [-0.25, -0.2) is 4.98 Å². The van der Waals surface area contributed by atoms with E-state index < -0.39 is 6.10 Å². The SMILES string of the molecule is CC(O)c1nc2ccccc2n1CC(=O)N(C)C1CCCCC1. The van der Waals surface area contributed by atoms with Gasteiger partial charge in [-0.2, -0.15) is 0 Å². The fourth-order valence-corrected chi connectivity index (χ4v) is 3.50. The largest absolute Gasteiger partial charge is 0.385 e. The number of carbonyl (C=O) groups is 1. The predicted molar refractivity (Wildman–Crippen MR) is 90.0 cm³/mol. The molecule has 1 heterocycles. The van der Waals surface area contributed by atoms with Crippen molar-refractivity contribution in [2.24, 2.45) is 0 Å². The monoisotopic (exact) mass is 315 g/mol. The summed E-state index contributed by atoms with van der Waals surface area (Å²) >= 11 is 0. The van der Waals surface area contributed by atoms with Crippen LogP contribution in [0.5, 0.6) is 0 Å². The van der Waals surface area contributed by atoms with Crippen molar-refractivity contribution >= 4 is 16.9 Å². The minimum atomic E-state index is -0.699. The Morgan fingerprint density at radius 3 is 2.74 bits per heavy atom. The molecule has 5 nitrogen and oxygen atoms in total. The molecule has 1 unspecified atom stereocenters. The van der Waals surface area contributed by atoms with Gasteiger partial charge in [-0.3, -0.25) is 4.79 Å². The number of hydrogen-bond donors (Lipinski definition) is 1. The maximum absolute atomic E-state index is 12.7. The molecule has 1 amide bonds. The molecule has 0 bridgehead atoms. The molecular formula is C18H25N3O2. The van der Waals surface area contributed by atoms with Gasteiger partial charge in [-0.15, -0.1) is 0 Å². The normalized spacial score (nSPS) is 17.3. The van der Waals surface area contributed by atoms with E-state index in [9.17, 15) is 9.90 Å². The standard InChI is InChI=1S/C18H25N3O2/c1-13(22)18-19-15-10-6-7-11-16(15)21(18)12-17(23)20(2)14-8-4-3-5-9-14/h6-7,10-11,13-14,22H,3-5,8-9,12H2,1-2H3. The van der Waals surface area contributed by atoms with Gasteiger partial charge in [0.25, 0.3) is 0 Å². The molecule has 23 heavy (non-hydrogen) atoms. The second-order valence-corrected chi connectivity index (χ2v) is 6.52. The summed E-state index contributed by atoms with van der Waals surface area (Å²) in [5, 5.41) is 10.00. The van der Waals surface area contributed by atoms with Crippen molar-refractivity contribution < 1.29 is 9.90 Å². The lowest BCUT2D eigenvalue weighted by Crippen LogP contribution is -2.40. The highest BCUT2D eigenvalue weighted by Gasteiger charge is 2.24. The Hall–Kier alpha value is -1.88. The van der Waals surface area contributed by atoms with Gasteiger partial charge in [0, 0.05) is 13.1 Å². The second-order valence-electron chi connectivity index (χ2n) is 6.52. The number of amides is 1. The van der Waals surface area contributed by atoms with Crippen molar-refractivity contribution in [3.63, 3.8) is 0 Å². The Kier molecular flexibility index (Phi) is 4.66. The van der Waals surface area contributed by atoms with Crippen LogP contribution in [-0.4, -0.2) is 38.6 Å². The number of rotatable bonds is 4. The molecule has 1 aromatic carbocycles. The first-order valence-electron chi connectivity index (χ1n) is 8.47. The van der Waals surface area contributed by atoms with Crippen LogP contribution in [0.3, 0.4) is 0 Å². The Morgan fingerprint density at radius 1 is 1.35 bits per heavy atom. The van der Waals surface area contributed by atoms with Gasteiger partial charge >= 0.3 is 0 Å². The summed E-state index contributed by atoms with van der Waals surface area (Å²) in [5.41, 5.74) is 1.71. The maximum atomic E-state index is 12.7. The van der Waals surface area contributed by atoms with E-state index in [0.717, 1.165) is 23.9 Å². The van der Waals surface area contributed by atoms with E-state index >= 15 is 0 Å². The van der Waals surface area contributed by atoms with Gasteiger partial charge in [0.15, 0.2) is 0 Å². The summed E-state index contributed by atoms with van der Waals surface area (Å²) in [4.78, 5) is 19.1. The molecule has 1 aliphatic rings. The smallest absolute Gasteiger partial charge is 0.242 e. The highest BCUT2D eigenvalue weighted by atomic mass is 16.3. The number of nitrogens with zero attached hydrogens (tertiary/aromatic N) is 3. The van der Waals surface area contributed by atoms with Gasteiger partial charge in [0.1, 0.15) is 18.5 Å². The fourth-order valence-electron chi connectivity index (χ4n) is 3.50. The number of imidazole rings is 1. The van der Waals surface area contributed by atoms with Crippen LogP contribution in [0.1, 0.15) is 51.0 Å². The fraction of sp³-hybridized carbons (Fsp3) is 0.556. The zero-order valence-corrected chi connectivity index (χ0v) is 13.9. The number of likely N-dealkylation sites (N-methyl/N-ethyl adjacent to an activating group) is 1. The quantitative estimate of drug-likeness (QED) is 0.944. The van der Waals surface area contributed by atoms with Crippen LogP contribution in [0.2, 0.25) is 0 Å². The van der Waals surface area contributed by atoms with Crippen molar-refractivity contribution in [2.75, 3.05) is 7.05 Å². The average molecular weight is 315 g/mol. The molecule has 1 atom stereocenters. The van der Waals surface area contributed by atoms with Crippen LogP contribution in [0, 0.1) is 0 Å². The van der Waals surface area contributed by atoms with E-state index in [1.807, 2.05) is 40.8 Å². The maximum Gasteiger partial charge on any atom is 0.242 e. The molecule has 1 aromatic heterocycles. The number of carbonyl (C=O) groups excluding carboxylic acids is 1. The van der Waals surface area contributed by atoms with E-state index in [-0.39, 0.29) is 12.5 Å². The molecule has 1 fully saturated rings. The third-order valence-electron chi connectivity index (χ3n) is 4.87.